The number of carbonyl (C=O) groups excluding carboxylic acids is 1. The minimum absolute atomic E-state index is 0.0453. The van der Waals surface area contributed by atoms with Crippen molar-refractivity contribution in [2.75, 3.05) is 6.61 Å². The third-order valence-corrected chi connectivity index (χ3v) is 5.46. The zero-order valence-electron chi connectivity index (χ0n) is 24.0. The maximum Gasteiger partial charge on any atom is 0.510 e. The van der Waals surface area contributed by atoms with Gasteiger partial charge < -0.3 is 18.9 Å². The van der Waals surface area contributed by atoms with Crippen LogP contribution in [-0.2, 0) is 18.9 Å². The van der Waals surface area contributed by atoms with Gasteiger partial charge in [-0.15, -0.1) is 0 Å². The normalized spacial score (nSPS) is 15.5. The van der Waals surface area contributed by atoms with Gasteiger partial charge in [0.05, 0.1) is 0 Å². The van der Waals surface area contributed by atoms with Crippen molar-refractivity contribution < 1.29 is 76.4 Å². The molecule has 0 aliphatic heterocycles. The van der Waals surface area contributed by atoms with Crippen LogP contribution in [0.5, 0.6) is 0 Å². The number of rotatable bonds is 11. The summed E-state index contributed by atoms with van der Waals surface area (Å²) in [4.78, 5) is 11.3. The second kappa shape index (κ2) is 15.2. The van der Waals surface area contributed by atoms with Gasteiger partial charge in [0.15, 0.2) is 6.29 Å². The Morgan fingerprint density at radius 3 is 1.39 bits per heavy atom. The van der Waals surface area contributed by atoms with Crippen LogP contribution in [0.15, 0.2) is 0 Å². The van der Waals surface area contributed by atoms with Crippen molar-refractivity contribution in [1.82, 2.24) is 0 Å². The van der Waals surface area contributed by atoms with Crippen molar-refractivity contribution in [1.29, 1.82) is 0 Å². The lowest BCUT2D eigenvalue weighted by atomic mass is 9.88. The van der Waals surface area contributed by atoms with E-state index in [1.165, 1.54) is 48.5 Å². The van der Waals surface area contributed by atoms with E-state index in [0.29, 0.717) is 0 Å². The molecule has 41 heavy (non-hydrogen) atoms. The topological polar surface area (TPSA) is 54.0 Å². The molecule has 0 heterocycles. The predicted molar refractivity (Wildman–Crippen MR) is 123 cm³/mol. The van der Waals surface area contributed by atoms with Gasteiger partial charge in [-0.25, -0.2) is 4.79 Å². The predicted octanol–water partition coefficient (Wildman–Crippen LogP) is 9.68. The summed E-state index contributed by atoms with van der Waals surface area (Å²) >= 11 is 0. The monoisotopic (exact) mass is 634 g/mol. The van der Waals surface area contributed by atoms with Gasteiger partial charge in [-0.3, -0.25) is 0 Å². The Balaban J connectivity index is 0. The third kappa shape index (κ3) is 12.2. The summed E-state index contributed by atoms with van der Waals surface area (Å²) in [5.74, 6) is -0.799. The Kier molecular flexibility index (Phi) is 15.4. The van der Waals surface area contributed by atoms with E-state index in [2.05, 4.69) is 18.9 Å². The molecule has 0 rings (SSSR count). The first kappa shape index (κ1) is 41.5. The summed E-state index contributed by atoms with van der Waals surface area (Å²) in [5.41, 5.74) is -10.0. The average Bonchev–Trinajstić information content (AvgIpc) is 2.72. The SMILES string of the molecule is CCCCC(OC(=O)OC(C)(C)C)(C(F)(F)F)C(F)(F)F.CCOC(C)OC(CC(C)CC)(C(F)(F)F)C(F)(F)F. The van der Waals surface area contributed by atoms with Crippen LogP contribution in [0.1, 0.15) is 87.5 Å². The van der Waals surface area contributed by atoms with E-state index in [1.54, 1.807) is 0 Å². The minimum Gasteiger partial charge on any atom is -0.429 e. The van der Waals surface area contributed by atoms with Gasteiger partial charge in [0.25, 0.3) is 5.60 Å². The fourth-order valence-electron chi connectivity index (χ4n) is 3.21. The van der Waals surface area contributed by atoms with E-state index in [0.717, 1.165) is 6.92 Å². The summed E-state index contributed by atoms with van der Waals surface area (Å²) in [6, 6.07) is 0. The molecule has 5 nitrogen and oxygen atoms in total. The highest BCUT2D eigenvalue weighted by molar-refractivity contribution is 5.61. The molecule has 17 heteroatoms. The quantitative estimate of drug-likeness (QED) is 0.129. The molecule has 0 aliphatic carbocycles. The Hall–Kier alpha value is -1.65. The van der Waals surface area contributed by atoms with Gasteiger partial charge in [-0.2, -0.15) is 52.7 Å². The first-order chi connectivity index (χ1) is 18.1. The molecule has 0 saturated heterocycles. The van der Waals surface area contributed by atoms with Crippen LogP contribution in [0.25, 0.3) is 0 Å². The van der Waals surface area contributed by atoms with E-state index in [9.17, 15) is 57.5 Å². The van der Waals surface area contributed by atoms with Gasteiger partial charge in [0.2, 0.25) is 0 Å². The van der Waals surface area contributed by atoms with Gasteiger partial charge in [-0.1, -0.05) is 33.6 Å². The Bertz CT molecular complexity index is 739. The van der Waals surface area contributed by atoms with Crippen LogP contribution in [0.2, 0.25) is 0 Å². The van der Waals surface area contributed by atoms with Crippen LogP contribution in [0.4, 0.5) is 57.5 Å². The molecule has 0 aromatic heterocycles. The standard InChI is InChI=1S/C12H18F6O3.C12H20F6O2/c1-5-6-7-10(11(13,14)15,12(16,17)18)21-8(19)20-9(2,3)4;1-5-8(3)7-10(11(13,14)15,12(16,17)18)20-9(4)19-6-2/h5-7H2,1-4H3;8-9H,5-7H2,1-4H3. The number of ether oxygens (including phenoxy) is 4. The Morgan fingerprint density at radius 1 is 0.683 bits per heavy atom. The average molecular weight is 635 g/mol. The summed E-state index contributed by atoms with van der Waals surface area (Å²) in [5, 5.41) is 0. The van der Waals surface area contributed by atoms with E-state index >= 15 is 0 Å². The summed E-state index contributed by atoms with van der Waals surface area (Å²) in [6.07, 6.45) is -29.1. The molecule has 0 radical (unpaired) electrons. The number of alkyl halides is 12. The van der Waals surface area contributed by atoms with Gasteiger partial charge in [0, 0.05) is 13.0 Å². The van der Waals surface area contributed by atoms with E-state index < -0.39 is 79.1 Å². The zero-order chi connectivity index (χ0) is 33.3. The highest BCUT2D eigenvalue weighted by Crippen LogP contribution is 2.51. The summed E-state index contributed by atoms with van der Waals surface area (Å²) in [7, 11) is 0. The molecule has 2 atom stereocenters. The Morgan fingerprint density at radius 2 is 1.10 bits per heavy atom. The maximum absolute atomic E-state index is 13.1. The van der Waals surface area contributed by atoms with Crippen LogP contribution >= 0.6 is 0 Å². The summed E-state index contributed by atoms with van der Waals surface area (Å²) in [6.45, 7) is 10.6. The van der Waals surface area contributed by atoms with Crippen molar-refractivity contribution in [3.05, 3.63) is 0 Å². The second-order valence-corrected chi connectivity index (χ2v) is 10.2. The zero-order valence-corrected chi connectivity index (χ0v) is 24.0. The van der Waals surface area contributed by atoms with E-state index in [4.69, 9.17) is 0 Å². The first-order valence-corrected chi connectivity index (χ1v) is 12.6. The smallest absolute Gasteiger partial charge is 0.429 e. The molecule has 0 spiro atoms. The van der Waals surface area contributed by atoms with Crippen LogP contribution in [-0.4, -0.2) is 60.6 Å². The number of halogens is 12. The molecule has 0 saturated carbocycles. The molecule has 0 N–H and O–H groups in total. The molecule has 0 amide bonds. The molecule has 0 aromatic carbocycles. The lowest BCUT2D eigenvalue weighted by Crippen LogP contribution is -2.60. The highest BCUT2D eigenvalue weighted by Gasteiger charge is 2.74. The fraction of sp³-hybridized carbons (Fsp3) is 0.958. The molecule has 0 fully saturated rings. The molecular formula is C24H38F12O5. The Labute approximate surface area is 231 Å². The van der Waals surface area contributed by atoms with Crippen molar-refractivity contribution in [2.45, 2.75) is 135 Å². The van der Waals surface area contributed by atoms with Crippen LogP contribution < -0.4 is 0 Å². The van der Waals surface area contributed by atoms with Crippen LogP contribution in [0, 0.1) is 5.92 Å². The largest absolute Gasteiger partial charge is 0.510 e. The second-order valence-electron chi connectivity index (χ2n) is 10.2. The molecule has 0 aromatic rings. The number of carbonyl (C=O) groups is 1. The molecule has 248 valence electrons. The molecule has 2 unspecified atom stereocenters. The highest BCUT2D eigenvalue weighted by atomic mass is 19.4. The van der Waals surface area contributed by atoms with Gasteiger partial charge in [0.1, 0.15) is 5.60 Å². The van der Waals surface area contributed by atoms with Gasteiger partial charge >= 0.3 is 36.5 Å². The number of unbranched alkanes of at least 4 members (excludes halogenated alkanes) is 1. The number of hydrogen-bond donors (Lipinski definition) is 0. The van der Waals surface area contributed by atoms with Crippen molar-refractivity contribution in [2.24, 2.45) is 5.92 Å². The fourth-order valence-corrected chi connectivity index (χ4v) is 3.21. The van der Waals surface area contributed by atoms with Crippen LogP contribution in [0.3, 0.4) is 0 Å². The minimum atomic E-state index is -5.79. The van der Waals surface area contributed by atoms with Crippen molar-refractivity contribution >= 4 is 6.16 Å². The third-order valence-electron chi connectivity index (χ3n) is 5.46. The van der Waals surface area contributed by atoms with E-state index in [-0.39, 0.29) is 19.4 Å². The lowest BCUT2D eigenvalue weighted by molar-refractivity contribution is -0.410. The van der Waals surface area contributed by atoms with Gasteiger partial charge in [-0.05, 0) is 53.4 Å². The molecular weight excluding hydrogens is 596 g/mol. The lowest BCUT2D eigenvalue weighted by Gasteiger charge is -2.40. The number of hydrogen-bond acceptors (Lipinski definition) is 5. The van der Waals surface area contributed by atoms with Crippen molar-refractivity contribution in [3.8, 4) is 0 Å². The molecule has 0 aliphatic rings. The first-order valence-electron chi connectivity index (χ1n) is 12.6. The summed E-state index contributed by atoms with van der Waals surface area (Å²) < 4.78 is 173. The van der Waals surface area contributed by atoms with E-state index in [1.807, 2.05) is 0 Å². The maximum atomic E-state index is 13.1. The molecule has 0 bridgehead atoms. The van der Waals surface area contributed by atoms with Crippen molar-refractivity contribution in [3.63, 3.8) is 0 Å².